The second kappa shape index (κ2) is 6.37. The van der Waals surface area contributed by atoms with Crippen molar-refractivity contribution in [2.24, 2.45) is 16.6 Å². The van der Waals surface area contributed by atoms with E-state index in [0.717, 1.165) is 12.8 Å². The first-order chi connectivity index (χ1) is 8.76. The lowest BCUT2D eigenvalue weighted by Gasteiger charge is -2.23. The van der Waals surface area contributed by atoms with Crippen molar-refractivity contribution >= 4 is 11.9 Å². The molecule has 0 bridgehead atoms. The van der Waals surface area contributed by atoms with Crippen LogP contribution >= 0.6 is 0 Å². The predicted octanol–water partition coefficient (Wildman–Crippen LogP) is 1.76. The summed E-state index contributed by atoms with van der Waals surface area (Å²) in [6.45, 7) is 11.2. The zero-order chi connectivity index (χ0) is 14.6. The van der Waals surface area contributed by atoms with Gasteiger partial charge in [0.05, 0.1) is 6.10 Å². The van der Waals surface area contributed by atoms with Crippen LogP contribution in [-0.2, 0) is 9.53 Å². The van der Waals surface area contributed by atoms with Crippen molar-refractivity contribution in [2.75, 3.05) is 13.2 Å². The molecule has 0 fully saturated rings. The van der Waals surface area contributed by atoms with E-state index in [2.05, 4.69) is 18.8 Å². The van der Waals surface area contributed by atoms with E-state index in [1.54, 1.807) is 4.90 Å². The highest BCUT2D eigenvalue weighted by Gasteiger charge is 2.43. The number of hydrogen-bond acceptors (Lipinski definition) is 4. The fourth-order valence-electron chi connectivity index (χ4n) is 2.44. The maximum absolute atomic E-state index is 12.4. The van der Waals surface area contributed by atoms with Crippen LogP contribution in [0.2, 0.25) is 0 Å². The molecule has 1 aliphatic heterocycles. The highest BCUT2D eigenvalue weighted by atomic mass is 16.5. The zero-order valence-corrected chi connectivity index (χ0v) is 12.8. The van der Waals surface area contributed by atoms with Gasteiger partial charge in [-0.15, -0.1) is 0 Å². The van der Waals surface area contributed by atoms with E-state index in [1.807, 2.05) is 20.8 Å². The predicted molar refractivity (Wildman–Crippen MR) is 76.9 cm³/mol. The lowest BCUT2D eigenvalue weighted by molar-refractivity contribution is -0.131. The Labute approximate surface area is 116 Å². The third kappa shape index (κ3) is 4.20. The summed E-state index contributed by atoms with van der Waals surface area (Å²) >= 11 is 0. The van der Waals surface area contributed by atoms with Gasteiger partial charge in [0.15, 0.2) is 5.96 Å². The lowest BCUT2D eigenvalue weighted by atomic mass is 9.91. The minimum absolute atomic E-state index is 0.0169. The lowest BCUT2D eigenvalue weighted by Crippen LogP contribution is -2.44. The van der Waals surface area contributed by atoms with Crippen LogP contribution in [0.15, 0.2) is 4.99 Å². The number of nitrogens with two attached hydrogens (primary N) is 1. The minimum atomic E-state index is -0.683. The Balaban J connectivity index is 2.54. The van der Waals surface area contributed by atoms with Crippen molar-refractivity contribution in [3.05, 3.63) is 0 Å². The molecule has 0 spiro atoms. The highest BCUT2D eigenvalue weighted by Crippen LogP contribution is 2.28. The summed E-state index contributed by atoms with van der Waals surface area (Å²) in [5, 5.41) is 0. The molecule has 0 saturated heterocycles. The Morgan fingerprint density at radius 1 is 1.37 bits per heavy atom. The molecule has 0 aromatic carbocycles. The van der Waals surface area contributed by atoms with E-state index < -0.39 is 5.54 Å². The molecule has 1 aliphatic rings. The average molecular weight is 269 g/mol. The third-order valence-corrected chi connectivity index (χ3v) is 3.13. The van der Waals surface area contributed by atoms with Crippen LogP contribution in [0.5, 0.6) is 0 Å². The summed E-state index contributed by atoms with van der Waals surface area (Å²) in [7, 11) is 0. The molecule has 19 heavy (non-hydrogen) atoms. The molecule has 0 saturated carbocycles. The van der Waals surface area contributed by atoms with Crippen molar-refractivity contribution in [3.8, 4) is 0 Å². The van der Waals surface area contributed by atoms with Gasteiger partial charge >= 0.3 is 0 Å². The molecule has 0 aromatic heterocycles. The molecular weight excluding hydrogens is 242 g/mol. The molecule has 1 atom stereocenters. The second-order valence-corrected chi connectivity index (χ2v) is 6.07. The second-order valence-electron chi connectivity index (χ2n) is 6.07. The number of aliphatic imine (C=N–C) groups is 1. The van der Waals surface area contributed by atoms with Crippen LogP contribution in [0.3, 0.4) is 0 Å². The summed E-state index contributed by atoms with van der Waals surface area (Å²) in [4.78, 5) is 18.3. The highest BCUT2D eigenvalue weighted by molar-refractivity contribution is 6.06. The molecule has 110 valence electrons. The third-order valence-electron chi connectivity index (χ3n) is 3.13. The van der Waals surface area contributed by atoms with E-state index in [0.29, 0.717) is 25.0 Å². The summed E-state index contributed by atoms with van der Waals surface area (Å²) in [5.41, 5.74) is 5.19. The van der Waals surface area contributed by atoms with Gasteiger partial charge in [-0.2, -0.15) is 0 Å². The Morgan fingerprint density at radius 2 is 2.00 bits per heavy atom. The Kier molecular flexibility index (Phi) is 5.35. The minimum Gasteiger partial charge on any atom is -0.379 e. The summed E-state index contributed by atoms with van der Waals surface area (Å²) in [6, 6.07) is 0. The van der Waals surface area contributed by atoms with E-state index in [9.17, 15) is 4.79 Å². The van der Waals surface area contributed by atoms with Crippen molar-refractivity contribution in [2.45, 2.75) is 59.1 Å². The van der Waals surface area contributed by atoms with Gasteiger partial charge in [-0.25, -0.2) is 4.99 Å². The summed E-state index contributed by atoms with van der Waals surface area (Å²) in [5.74, 6) is 0.774. The number of rotatable bonds is 7. The number of hydrogen-bond donors (Lipinski definition) is 1. The molecule has 1 rings (SSSR count). The molecule has 0 aliphatic carbocycles. The molecule has 5 nitrogen and oxygen atoms in total. The number of nitrogens with zero attached hydrogens (tertiary/aromatic N) is 2. The van der Waals surface area contributed by atoms with Gasteiger partial charge in [-0.05, 0) is 39.5 Å². The quantitative estimate of drug-likeness (QED) is 0.716. The van der Waals surface area contributed by atoms with Gasteiger partial charge in [0.1, 0.15) is 5.54 Å². The summed E-state index contributed by atoms with van der Waals surface area (Å²) < 4.78 is 5.47. The normalized spacial score (nSPS) is 23.6. The molecule has 0 radical (unpaired) electrons. The Hall–Kier alpha value is -1.10. The van der Waals surface area contributed by atoms with Crippen LogP contribution in [0.4, 0.5) is 0 Å². The Morgan fingerprint density at radius 3 is 2.53 bits per heavy atom. The van der Waals surface area contributed by atoms with Crippen molar-refractivity contribution in [3.63, 3.8) is 0 Å². The molecule has 2 N–H and O–H groups in total. The number of carbonyl (C=O) groups is 1. The molecular formula is C14H27N3O2. The maximum Gasteiger partial charge on any atom is 0.257 e. The number of guanidine groups is 1. The van der Waals surface area contributed by atoms with Crippen molar-refractivity contribution in [1.82, 2.24) is 4.90 Å². The van der Waals surface area contributed by atoms with E-state index in [-0.39, 0.29) is 12.0 Å². The van der Waals surface area contributed by atoms with Gasteiger partial charge < -0.3 is 10.5 Å². The van der Waals surface area contributed by atoms with Gasteiger partial charge in [0.2, 0.25) is 0 Å². The maximum atomic E-state index is 12.4. The first-order valence-electron chi connectivity index (χ1n) is 7.05. The fraction of sp³-hybridized carbons (Fsp3) is 0.857. The zero-order valence-electron chi connectivity index (χ0n) is 12.8. The Bertz CT molecular complexity index is 353. The van der Waals surface area contributed by atoms with Gasteiger partial charge in [0, 0.05) is 13.2 Å². The molecule has 0 aromatic rings. The van der Waals surface area contributed by atoms with Crippen LogP contribution in [0.25, 0.3) is 0 Å². The van der Waals surface area contributed by atoms with E-state index in [4.69, 9.17) is 10.5 Å². The molecule has 1 heterocycles. The number of carbonyl (C=O) groups excluding carboxylic acids is 1. The fourth-order valence-corrected chi connectivity index (χ4v) is 2.44. The topological polar surface area (TPSA) is 67.9 Å². The van der Waals surface area contributed by atoms with Gasteiger partial charge in [0.25, 0.3) is 5.91 Å². The van der Waals surface area contributed by atoms with Crippen LogP contribution in [-0.4, -0.2) is 41.6 Å². The molecule has 5 heteroatoms. The van der Waals surface area contributed by atoms with Gasteiger partial charge in [-0.3, -0.25) is 9.69 Å². The largest absolute Gasteiger partial charge is 0.379 e. The van der Waals surface area contributed by atoms with Crippen molar-refractivity contribution in [1.29, 1.82) is 0 Å². The van der Waals surface area contributed by atoms with E-state index >= 15 is 0 Å². The summed E-state index contributed by atoms with van der Waals surface area (Å²) in [6.07, 6.45) is 1.72. The SMILES string of the molecule is CC(C)CC1(C)N=C(N)N(CCCOC(C)C)C1=O. The van der Waals surface area contributed by atoms with Crippen LogP contribution < -0.4 is 5.73 Å². The standard InChI is InChI=1S/C14H27N3O2/c1-10(2)9-14(5)12(18)17(13(15)16-14)7-6-8-19-11(3)4/h10-11H,6-9H2,1-5H3,(H2,15,16). The smallest absolute Gasteiger partial charge is 0.257 e. The monoisotopic (exact) mass is 269 g/mol. The van der Waals surface area contributed by atoms with Gasteiger partial charge in [-0.1, -0.05) is 13.8 Å². The number of amides is 1. The molecule has 1 amide bonds. The van der Waals surface area contributed by atoms with E-state index in [1.165, 1.54) is 0 Å². The molecule has 1 unspecified atom stereocenters. The van der Waals surface area contributed by atoms with Crippen LogP contribution in [0, 0.1) is 5.92 Å². The number of ether oxygens (including phenoxy) is 1. The van der Waals surface area contributed by atoms with Crippen molar-refractivity contribution < 1.29 is 9.53 Å². The van der Waals surface area contributed by atoms with Crippen LogP contribution in [0.1, 0.15) is 47.5 Å². The first kappa shape index (κ1) is 16.0. The first-order valence-corrected chi connectivity index (χ1v) is 7.05. The average Bonchev–Trinajstić information content (AvgIpc) is 2.45.